The number of aromatic nitrogens is 1. The van der Waals surface area contributed by atoms with Crippen LogP contribution in [0.15, 0.2) is 66.7 Å². The predicted octanol–water partition coefficient (Wildman–Crippen LogP) is 4.74. The predicted molar refractivity (Wildman–Crippen MR) is 119 cm³/mol. The summed E-state index contributed by atoms with van der Waals surface area (Å²) in [5.74, 6) is 0.636. The molecule has 0 saturated carbocycles. The summed E-state index contributed by atoms with van der Waals surface area (Å²) in [4.78, 5) is 31.1. The van der Waals surface area contributed by atoms with Crippen LogP contribution in [0.2, 0.25) is 0 Å². The number of ether oxygens (including phenoxy) is 2. The fraction of sp³-hybridized carbons (Fsp3) is 0.208. The van der Waals surface area contributed by atoms with Crippen molar-refractivity contribution in [3.8, 4) is 17.0 Å². The number of para-hydroxylation sites is 1. The third kappa shape index (κ3) is 4.35. The van der Waals surface area contributed by atoms with E-state index in [0.29, 0.717) is 35.1 Å². The van der Waals surface area contributed by atoms with Crippen LogP contribution in [0.25, 0.3) is 11.3 Å². The van der Waals surface area contributed by atoms with E-state index < -0.39 is 5.97 Å². The molecule has 7 heteroatoms. The number of fused-ring (bicyclic) bond motifs is 1. The van der Waals surface area contributed by atoms with Gasteiger partial charge >= 0.3 is 12.0 Å². The lowest BCUT2D eigenvalue weighted by Gasteiger charge is -2.33. The van der Waals surface area contributed by atoms with E-state index in [2.05, 4.69) is 5.32 Å². The van der Waals surface area contributed by atoms with E-state index in [-0.39, 0.29) is 12.1 Å². The Bertz CT molecular complexity index is 1080. The molecule has 0 spiro atoms. The highest BCUT2D eigenvalue weighted by molar-refractivity contribution is 6.02. The van der Waals surface area contributed by atoms with E-state index >= 15 is 0 Å². The first-order chi connectivity index (χ1) is 15.1. The molecule has 0 aliphatic carbocycles. The summed E-state index contributed by atoms with van der Waals surface area (Å²) in [7, 11) is 1.35. The summed E-state index contributed by atoms with van der Waals surface area (Å²) in [6.07, 6.45) is 0.659. The van der Waals surface area contributed by atoms with Gasteiger partial charge in [0.15, 0.2) is 11.6 Å². The standard InChI is InChI=1S/C24H23N3O4/c1-3-19-15-27(24(29)25-18-7-5-4-6-8-18)22-21(31-19)14-13-20(26-22)16-9-11-17(12-10-16)23(28)30-2/h4-14,19H,3,15H2,1-2H3,(H,25,29). The topological polar surface area (TPSA) is 80.8 Å². The van der Waals surface area contributed by atoms with Crippen LogP contribution in [0.4, 0.5) is 16.3 Å². The van der Waals surface area contributed by atoms with Gasteiger partial charge in [-0.25, -0.2) is 14.6 Å². The van der Waals surface area contributed by atoms with E-state index in [1.54, 1.807) is 29.2 Å². The minimum Gasteiger partial charge on any atom is -0.485 e. The lowest BCUT2D eigenvalue weighted by atomic mass is 10.1. The van der Waals surface area contributed by atoms with Gasteiger partial charge in [-0.3, -0.25) is 4.90 Å². The molecule has 0 saturated heterocycles. The number of amides is 2. The molecule has 2 aromatic carbocycles. The zero-order chi connectivity index (χ0) is 21.8. The summed E-state index contributed by atoms with van der Waals surface area (Å²) in [6, 6.07) is 19.7. The summed E-state index contributed by atoms with van der Waals surface area (Å²) in [6.45, 7) is 2.42. The Kier molecular flexibility index (Phi) is 5.84. The molecule has 1 aliphatic heterocycles. The average Bonchev–Trinajstić information content (AvgIpc) is 2.83. The normalized spacial score (nSPS) is 14.9. The SMILES string of the molecule is CCC1CN(C(=O)Nc2ccccc2)c2nc(-c3ccc(C(=O)OC)cc3)ccc2O1. The molecule has 158 valence electrons. The summed E-state index contributed by atoms with van der Waals surface area (Å²) in [5, 5.41) is 2.92. The van der Waals surface area contributed by atoms with E-state index in [4.69, 9.17) is 14.5 Å². The lowest BCUT2D eigenvalue weighted by Crippen LogP contribution is -2.45. The van der Waals surface area contributed by atoms with Crippen LogP contribution in [0.5, 0.6) is 5.75 Å². The van der Waals surface area contributed by atoms with E-state index in [1.807, 2.05) is 49.4 Å². The Morgan fingerprint density at radius 3 is 2.52 bits per heavy atom. The molecule has 7 nitrogen and oxygen atoms in total. The largest absolute Gasteiger partial charge is 0.485 e. The molecule has 4 rings (SSSR count). The number of benzene rings is 2. The van der Waals surface area contributed by atoms with Gasteiger partial charge in [0.05, 0.1) is 24.9 Å². The molecular weight excluding hydrogens is 394 g/mol. The van der Waals surface area contributed by atoms with Gasteiger partial charge in [0, 0.05) is 11.3 Å². The molecule has 0 bridgehead atoms. The van der Waals surface area contributed by atoms with Crippen LogP contribution in [-0.4, -0.2) is 36.7 Å². The fourth-order valence-electron chi connectivity index (χ4n) is 3.39. The third-order valence-electron chi connectivity index (χ3n) is 5.10. The van der Waals surface area contributed by atoms with Crippen LogP contribution in [0, 0.1) is 0 Å². The second-order valence-corrected chi connectivity index (χ2v) is 7.14. The van der Waals surface area contributed by atoms with Gasteiger partial charge in [-0.05, 0) is 42.8 Å². The Labute approximate surface area is 180 Å². The number of hydrogen-bond donors (Lipinski definition) is 1. The Morgan fingerprint density at radius 2 is 1.84 bits per heavy atom. The van der Waals surface area contributed by atoms with Crippen LogP contribution >= 0.6 is 0 Å². The van der Waals surface area contributed by atoms with E-state index in [9.17, 15) is 9.59 Å². The quantitative estimate of drug-likeness (QED) is 0.620. The van der Waals surface area contributed by atoms with Crippen LogP contribution in [-0.2, 0) is 4.74 Å². The number of urea groups is 1. The number of anilines is 2. The zero-order valence-electron chi connectivity index (χ0n) is 17.4. The average molecular weight is 417 g/mol. The minimum absolute atomic E-state index is 0.110. The molecular formula is C24H23N3O4. The van der Waals surface area contributed by atoms with Gasteiger partial charge in [-0.1, -0.05) is 37.3 Å². The third-order valence-corrected chi connectivity index (χ3v) is 5.10. The van der Waals surface area contributed by atoms with Gasteiger partial charge in [0.25, 0.3) is 0 Å². The zero-order valence-corrected chi connectivity index (χ0v) is 17.4. The van der Waals surface area contributed by atoms with E-state index in [1.165, 1.54) is 7.11 Å². The molecule has 0 radical (unpaired) electrons. The molecule has 2 amide bonds. The highest BCUT2D eigenvalue weighted by Gasteiger charge is 2.31. The number of esters is 1. The van der Waals surface area contributed by atoms with Crippen molar-refractivity contribution >= 4 is 23.5 Å². The first-order valence-corrected chi connectivity index (χ1v) is 10.1. The van der Waals surface area contributed by atoms with Crippen molar-refractivity contribution < 1.29 is 19.1 Å². The molecule has 2 heterocycles. The smallest absolute Gasteiger partial charge is 0.337 e. The van der Waals surface area contributed by atoms with Crippen LogP contribution in [0.1, 0.15) is 23.7 Å². The van der Waals surface area contributed by atoms with Crippen molar-refractivity contribution in [1.29, 1.82) is 0 Å². The fourth-order valence-corrected chi connectivity index (χ4v) is 3.39. The maximum atomic E-state index is 13.1. The number of nitrogens with one attached hydrogen (secondary N) is 1. The van der Waals surface area contributed by atoms with E-state index in [0.717, 1.165) is 12.0 Å². The first kappa shape index (κ1) is 20.4. The maximum absolute atomic E-state index is 13.1. The summed E-state index contributed by atoms with van der Waals surface area (Å²) >= 11 is 0. The van der Waals surface area contributed by atoms with Crippen molar-refractivity contribution in [2.24, 2.45) is 0 Å². The Morgan fingerprint density at radius 1 is 1.10 bits per heavy atom. The number of hydrogen-bond acceptors (Lipinski definition) is 5. The number of methoxy groups -OCH3 is 1. The highest BCUT2D eigenvalue weighted by Crippen LogP contribution is 2.35. The summed E-state index contributed by atoms with van der Waals surface area (Å²) in [5.41, 5.74) is 2.66. The van der Waals surface area contributed by atoms with Crippen molar-refractivity contribution in [2.45, 2.75) is 19.4 Å². The minimum atomic E-state index is -0.396. The molecule has 1 N–H and O–H groups in total. The Balaban J connectivity index is 1.65. The number of rotatable bonds is 4. The van der Waals surface area contributed by atoms with Gasteiger partial charge < -0.3 is 14.8 Å². The van der Waals surface area contributed by atoms with Crippen molar-refractivity contribution in [3.63, 3.8) is 0 Å². The van der Waals surface area contributed by atoms with Crippen LogP contribution < -0.4 is 15.0 Å². The molecule has 0 fully saturated rings. The van der Waals surface area contributed by atoms with Crippen molar-refractivity contribution in [3.05, 3.63) is 72.3 Å². The molecule has 1 aromatic heterocycles. The molecule has 3 aromatic rings. The first-order valence-electron chi connectivity index (χ1n) is 10.1. The number of nitrogens with zero attached hydrogens (tertiary/aromatic N) is 2. The highest BCUT2D eigenvalue weighted by atomic mass is 16.5. The monoisotopic (exact) mass is 417 g/mol. The number of carbonyl (C=O) groups excluding carboxylic acids is 2. The molecule has 1 unspecified atom stereocenters. The molecule has 1 atom stereocenters. The molecule has 1 aliphatic rings. The van der Waals surface area contributed by atoms with Gasteiger partial charge in [0.2, 0.25) is 0 Å². The molecule has 31 heavy (non-hydrogen) atoms. The Hall–Kier alpha value is -3.87. The lowest BCUT2D eigenvalue weighted by molar-refractivity contribution is 0.0600. The summed E-state index contributed by atoms with van der Waals surface area (Å²) < 4.78 is 10.8. The van der Waals surface area contributed by atoms with Crippen molar-refractivity contribution in [2.75, 3.05) is 23.9 Å². The second kappa shape index (κ2) is 8.87. The second-order valence-electron chi connectivity index (χ2n) is 7.14. The van der Waals surface area contributed by atoms with Crippen molar-refractivity contribution in [1.82, 2.24) is 4.98 Å². The van der Waals surface area contributed by atoms with Gasteiger partial charge in [0.1, 0.15) is 6.10 Å². The van der Waals surface area contributed by atoms with Gasteiger partial charge in [-0.2, -0.15) is 0 Å². The number of pyridine rings is 1. The maximum Gasteiger partial charge on any atom is 0.337 e. The van der Waals surface area contributed by atoms with Crippen LogP contribution in [0.3, 0.4) is 0 Å². The number of carbonyl (C=O) groups is 2. The van der Waals surface area contributed by atoms with Gasteiger partial charge in [-0.15, -0.1) is 0 Å².